The maximum atomic E-state index is 12.3. The molecule has 3 N–H and O–H groups in total. The van der Waals surface area contributed by atoms with Crippen molar-refractivity contribution in [2.24, 2.45) is 0 Å². The molecule has 0 radical (unpaired) electrons. The molecule has 0 saturated heterocycles. The number of hydrogen-bond acceptors (Lipinski definition) is 2. The third kappa shape index (κ3) is 2.65. The van der Waals surface area contributed by atoms with Crippen LogP contribution in [0.5, 0.6) is 0 Å². The third-order valence-electron chi connectivity index (χ3n) is 1.96. The average molecular weight is 232 g/mol. The van der Waals surface area contributed by atoms with E-state index in [1.54, 1.807) is 6.92 Å². The molecular formula is C10H11F3N2O. The van der Waals surface area contributed by atoms with Gasteiger partial charge in [0.2, 0.25) is 0 Å². The molecule has 0 heterocycles. The molecule has 6 heteroatoms. The van der Waals surface area contributed by atoms with Gasteiger partial charge in [-0.15, -0.1) is 0 Å². The number of rotatable bonds is 2. The minimum atomic E-state index is -4.50. The molecule has 1 aromatic rings. The van der Waals surface area contributed by atoms with E-state index in [9.17, 15) is 18.0 Å². The molecular weight excluding hydrogens is 221 g/mol. The molecule has 16 heavy (non-hydrogen) atoms. The Kier molecular flexibility index (Phi) is 3.41. The zero-order valence-corrected chi connectivity index (χ0v) is 8.56. The summed E-state index contributed by atoms with van der Waals surface area (Å²) in [6.45, 7) is 2.12. The molecule has 0 unspecified atom stereocenters. The van der Waals surface area contributed by atoms with Crippen LogP contribution in [0.3, 0.4) is 0 Å². The Morgan fingerprint density at radius 2 is 2.06 bits per heavy atom. The van der Waals surface area contributed by atoms with E-state index in [-0.39, 0.29) is 5.56 Å². The predicted octanol–water partition coefficient (Wildman–Crippen LogP) is 2.04. The van der Waals surface area contributed by atoms with Crippen LogP contribution < -0.4 is 11.1 Å². The van der Waals surface area contributed by atoms with Gasteiger partial charge in [0.05, 0.1) is 5.56 Å². The number of alkyl halides is 3. The lowest BCUT2D eigenvalue weighted by Crippen LogP contribution is -2.23. The first-order valence-corrected chi connectivity index (χ1v) is 4.61. The Morgan fingerprint density at radius 1 is 1.44 bits per heavy atom. The topological polar surface area (TPSA) is 55.1 Å². The van der Waals surface area contributed by atoms with E-state index in [1.165, 1.54) is 0 Å². The van der Waals surface area contributed by atoms with Gasteiger partial charge in [0.25, 0.3) is 5.91 Å². The van der Waals surface area contributed by atoms with Gasteiger partial charge in [-0.25, -0.2) is 0 Å². The number of hydrogen-bond donors (Lipinski definition) is 2. The number of nitrogens with two attached hydrogens (primary N) is 1. The molecule has 0 aromatic heterocycles. The highest BCUT2D eigenvalue weighted by atomic mass is 19.4. The van der Waals surface area contributed by atoms with E-state index >= 15 is 0 Å². The summed E-state index contributed by atoms with van der Waals surface area (Å²) in [7, 11) is 0. The normalized spacial score (nSPS) is 11.2. The van der Waals surface area contributed by atoms with Gasteiger partial charge in [0.15, 0.2) is 0 Å². The zero-order chi connectivity index (χ0) is 12.3. The van der Waals surface area contributed by atoms with E-state index in [0.717, 1.165) is 18.2 Å². The Hall–Kier alpha value is -1.72. The predicted molar refractivity (Wildman–Crippen MR) is 53.9 cm³/mol. The van der Waals surface area contributed by atoms with Crippen molar-refractivity contribution in [2.75, 3.05) is 12.3 Å². The van der Waals surface area contributed by atoms with Crippen molar-refractivity contribution in [1.29, 1.82) is 0 Å². The van der Waals surface area contributed by atoms with Crippen LogP contribution in [0.4, 0.5) is 18.9 Å². The van der Waals surface area contributed by atoms with Crippen LogP contribution >= 0.6 is 0 Å². The minimum Gasteiger partial charge on any atom is -0.398 e. The van der Waals surface area contributed by atoms with Crippen LogP contribution in [-0.4, -0.2) is 12.5 Å². The molecule has 3 nitrogen and oxygen atoms in total. The standard InChI is InChI=1S/C10H11F3N2O/c1-2-15-9(16)6-3-4-7(8(14)5-6)10(11,12)13/h3-5H,2,14H2,1H3,(H,15,16). The summed E-state index contributed by atoms with van der Waals surface area (Å²) in [6, 6.07) is 2.93. The molecule has 0 aliphatic heterocycles. The number of anilines is 1. The smallest absolute Gasteiger partial charge is 0.398 e. The molecule has 0 fully saturated rings. The lowest BCUT2D eigenvalue weighted by atomic mass is 10.1. The van der Waals surface area contributed by atoms with Crippen LogP contribution in [0.15, 0.2) is 18.2 Å². The van der Waals surface area contributed by atoms with Gasteiger partial charge in [0.1, 0.15) is 0 Å². The van der Waals surface area contributed by atoms with Crippen molar-refractivity contribution in [2.45, 2.75) is 13.1 Å². The Balaban J connectivity index is 3.05. The molecule has 0 atom stereocenters. The fraction of sp³-hybridized carbons (Fsp3) is 0.300. The maximum absolute atomic E-state index is 12.3. The van der Waals surface area contributed by atoms with E-state index in [2.05, 4.69) is 5.32 Å². The van der Waals surface area contributed by atoms with Crippen LogP contribution in [0, 0.1) is 0 Å². The second kappa shape index (κ2) is 4.42. The highest BCUT2D eigenvalue weighted by Gasteiger charge is 2.33. The summed E-state index contributed by atoms with van der Waals surface area (Å²) in [5.74, 6) is -0.442. The summed E-state index contributed by atoms with van der Waals surface area (Å²) >= 11 is 0. The Morgan fingerprint density at radius 3 is 2.50 bits per heavy atom. The minimum absolute atomic E-state index is 0.118. The summed E-state index contributed by atoms with van der Waals surface area (Å²) in [6.07, 6.45) is -4.50. The number of carbonyl (C=O) groups excluding carboxylic acids is 1. The molecule has 0 spiro atoms. The van der Waals surface area contributed by atoms with Gasteiger partial charge in [-0.2, -0.15) is 13.2 Å². The van der Waals surface area contributed by atoms with E-state index < -0.39 is 23.3 Å². The van der Waals surface area contributed by atoms with Gasteiger partial charge in [0, 0.05) is 17.8 Å². The molecule has 88 valence electrons. The highest BCUT2D eigenvalue weighted by Crippen LogP contribution is 2.33. The fourth-order valence-corrected chi connectivity index (χ4v) is 1.22. The SMILES string of the molecule is CCNC(=O)c1ccc(C(F)(F)F)c(N)c1. The van der Waals surface area contributed by atoms with Crippen LogP contribution in [0.2, 0.25) is 0 Å². The van der Waals surface area contributed by atoms with Crippen molar-refractivity contribution in [3.05, 3.63) is 29.3 Å². The van der Waals surface area contributed by atoms with Crippen LogP contribution in [0.1, 0.15) is 22.8 Å². The van der Waals surface area contributed by atoms with Crippen molar-refractivity contribution >= 4 is 11.6 Å². The molecule has 0 aliphatic carbocycles. The van der Waals surface area contributed by atoms with Gasteiger partial charge in [-0.3, -0.25) is 4.79 Å². The first-order valence-electron chi connectivity index (χ1n) is 4.61. The Bertz CT molecular complexity index is 402. The van der Waals surface area contributed by atoms with E-state index in [0.29, 0.717) is 6.54 Å². The first-order chi connectivity index (χ1) is 7.36. The van der Waals surface area contributed by atoms with E-state index in [1.807, 2.05) is 0 Å². The molecule has 0 saturated carbocycles. The average Bonchev–Trinajstić information content (AvgIpc) is 2.16. The molecule has 0 aliphatic rings. The third-order valence-corrected chi connectivity index (χ3v) is 1.96. The van der Waals surface area contributed by atoms with Crippen molar-refractivity contribution in [3.63, 3.8) is 0 Å². The number of nitrogens with one attached hydrogen (secondary N) is 1. The van der Waals surface area contributed by atoms with E-state index in [4.69, 9.17) is 5.73 Å². The zero-order valence-electron chi connectivity index (χ0n) is 8.56. The number of benzene rings is 1. The quantitative estimate of drug-likeness (QED) is 0.766. The molecule has 1 amide bonds. The summed E-state index contributed by atoms with van der Waals surface area (Å²) in [4.78, 5) is 11.3. The molecule has 1 rings (SSSR count). The number of nitrogen functional groups attached to an aromatic ring is 1. The first kappa shape index (κ1) is 12.4. The summed E-state index contributed by atoms with van der Waals surface area (Å²) in [5.41, 5.74) is 3.98. The summed E-state index contributed by atoms with van der Waals surface area (Å²) < 4.78 is 37.0. The van der Waals surface area contributed by atoms with Gasteiger partial charge < -0.3 is 11.1 Å². The van der Waals surface area contributed by atoms with Crippen molar-refractivity contribution < 1.29 is 18.0 Å². The molecule has 1 aromatic carbocycles. The van der Waals surface area contributed by atoms with Gasteiger partial charge in [-0.1, -0.05) is 0 Å². The van der Waals surface area contributed by atoms with Crippen LogP contribution in [0.25, 0.3) is 0 Å². The summed E-state index contributed by atoms with van der Waals surface area (Å²) in [5, 5.41) is 2.47. The molecule has 0 bridgehead atoms. The Labute approximate surface area is 90.4 Å². The largest absolute Gasteiger partial charge is 0.418 e. The highest BCUT2D eigenvalue weighted by molar-refractivity contribution is 5.95. The number of halogens is 3. The second-order valence-corrected chi connectivity index (χ2v) is 3.16. The monoisotopic (exact) mass is 232 g/mol. The van der Waals surface area contributed by atoms with Gasteiger partial charge >= 0.3 is 6.18 Å². The number of carbonyl (C=O) groups is 1. The van der Waals surface area contributed by atoms with Crippen molar-refractivity contribution in [3.8, 4) is 0 Å². The van der Waals surface area contributed by atoms with Gasteiger partial charge in [-0.05, 0) is 25.1 Å². The number of amides is 1. The van der Waals surface area contributed by atoms with Crippen molar-refractivity contribution in [1.82, 2.24) is 5.32 Å². The lowest BCUT2D eigenvalue weighted by molar-refractivity contribution is -0.136. The lowest BCUT2D eigenvalue weighted by Gasteiger charge is -2.11. The second-order valence-electron chi connectivity index (χ2n) is 3.16. The van der Waals surface area contributed by atoms with Crippen LogP contribution in [-0.2, 0) is 6.18 Å². The fourth-order valence-electron chi connectivity index (χ4n) is 1.22. The maximum Gasteiger partial charge on any atom is 0.418 e.